The normalized spacial score (nSPS) is 32.8. The van der Waals surface area contributed by atoms with Crippen LogP contribution in [0.2, 0.25) is 5.02 Å². The minimum atomic E-state index is -3.98. The van der Waals surface area contributed by atoms with Crippen LogP contribution in [-0.4, -0.2) is 33.2 Å². The van der Waals surface area contributed by atoms with Gasteiger partial charge in [0.25, 0.3) is 0 Å². The number of nitrogens with two attached hydrogens (primary N) is 1. The van der Waals surface area contributed by atoms with E-state index in [2.05, 4.69) is 4.72 Å². The zero-order valence-corrected chi connectivity index (χ0v) is 12.0. The van der Waals surface area contributed by atoms with Gasteiger partial charge >= 0.3 is 0 Å². The average molecular weight is 321 g/mol. The molecule has 1 aromatic carbocycles. The van der Waals surface area contributed by atoms with Crippen LogP contribution < -0.4 is 10.5 Å². The van der Waals surface area contributed by atoms with Crippen LogP contribution in [0.1, 0.15) is 6.42 Å². The third-order valence-corrected chi connectivity index (χ3v) is 5.65. The molecule has 1 saturated heterocycles. The van der Waals surface area contributed by atoms with E-state index < -0.39 is 26.8 Å². The highest BCUT2D eigenvalue weighted by Gasteiger charge is 2.53. The van der Waals surface area contributed by atoms with E-state index >= 15 is 0 Å². The molecule has 3 N–H and O–H groups in total. The maximum Gasteiger partial charge on any atom is 0.243 e. The first-order valence-corrected chi connectivity index (χ1v) is 8.11. The summed E-state index contributed by atoms with van der Waals surface area (Å²) in [5, 5.41) is 0.140. The third kappa shape index (κ3) is 2.23. The molecule has 2 aliphatic rings. The van der Waals surface area contributed by atoms with E-state index in [1.54, 1.807) is 0 Å². The minimum absolute atomic E-state index is 0.140. The van der Waals surface area contributed by atoms with Crippen LogP contribution in [0.4, 0.5) is 4.39 Å². The second-order valence-corrected chi connectivity index (χ2v) is 7.21. The van der Waals surface area contributed by atoms with Crippen LogP contribution in [0.15, 0.2) is 23.1 Å². The number of fused-ring (bicyclic) bond motifs is 1. The Labute approximate surface area is 121 Å². The molecule has 0 bridgehead atoms. The zero-order chi connectivity index (χ0) is 14.5. The van der Waals surface area contributed by atoms with E-state index in [1.165, 1.54) is 6.07 Å². The highest BCUT2D eigenvalue weighted by Crippen LogP contribution is 2.38. The van der Waals surface area contributed by atoms with Gasteiger partial charge in [0.2, 0.25) is 10.0 Å². The maximum atomic E-state index is 13.7. The quantitative estimate of drug-likeness (QED) is 0.866. The number of nitrogens with one attached hydrogen (secondary N) is 1. The highest BCUT2D eigenvalue weighted by atomic mass is 35.5. The smallest absolute Gasteiger partial charge is 0.243 e. The number of ether oxygens (including phenoxy) is 1. The number of rotatable bonds is 3. The summed E-state index contributed by atoms with van der Waals surface area (Å²) < 4.78 is 46.0. The van der Waals surface area contributed by atoms with Crippen molar-refractivity contribution in [1.29, 1.82) is 0 Å². The molecule has 0 aromatic heterocycles. The largest absolute Gasteiger partial charge is 0.376 e. The highest BCUT2D eigenvalue weighted by molar-refractivity contribution is 7.89. The Balaban J connectivity index is 1.82. The predicted molar refractivity (Wildman–Crippen MR) is 71.3 cm³/mol. The molecule has 4 unspecified atom stereocenters. The first-order chi connectivity index (χ1) is 9.40. The van der Waals surface area contributed by atoms with E-state index in [4.69, 9.17) is 22.1 Å². The van der Waals surface area contributed by atoms with Gasteiger partial charge in [-0.25, -0.2) is 17.5 Å². The van der Waals surface area contributed by atoms with E-state index in [-0.39, 0.29) is 23.1 Å². The number of halogens is 2. The molecule has 1 heterocycles. The van der Waals surface area contributed by atoms with Gasteiger partial charge in [-0.1, -0.05) is 11.6 Å². The van der Waals surface area contributed by atoms with Crippen molar-refractivity contribution in [2.45, 2.75) is 29.5 Å². The van der Waals surface area contributed by atoms with Crippen LogP contribution >= 0.6 is 11.6 Å². The molecule has 3 rings (SSSR count). The maximum absolute atomic E-state index is 13.7. The molecule has 1 saturated carbocycles. The van der Waals surface area contributed by atoms with Crippen molar-refractivity contribution in [3.63, 3.8) is 0 Å². The SMILES string of the molecule is NC1C2CCOC2C1NS(=O)(=O)c1ccc(Cl)cc1F. The van der Waals surface area contributed by atoms with Gasteiger partial charge in [0.1, 0.15) is 10.7 Å². The molecular weight excluding hydrogens is 307 g/mol. The predicted octanol–water partition coefficient (Wildman–Crippen LogP) is 0.872. The number of hydrogen-bond donors (Lipinski definition) is 2. The second kappa shape index (κ2) is 4.92. The summed E-state index contributed by atoms with van der Waals surface area (Å²) >= 11 is 5.61. The van der Waals surface area contributed by atoms with Crippen molar-refractivity contribution in [2.75, 3.05) is 6.61 Å². The van der Waals surface area contributed by atoms with E-state index in [9.17, 15) is 12.8 Å². The molecule has 20 heavy (non-hydrogen) atoms. The van der Waals surface area contributed by atoms with Crippen LogP contribution in [0.25, 0.3) is 0 Å². The molecule has 1 aliphatic carbocycles. The number of hydrogen-bond acceptors (Lipinski definition) is 4. The van der Waals surface area contributed by atoms with Gasteiger partial charge in [0.05, 0.1) is 12.1 Å². The lowest BCUT2D eigenvalue weighted by Crippen LogP contribution is -2.68. The summed E-state index contributed by atoms with van der Waals surface area (Å²) in [5.41, 5.74) is 5.93. The number of sulfonamides is 1. The molecule has 110 valence electrons. The first-order valence-electron chi connectivity index (χ1n) is 6.25. The molecule has 0 spiro atoms. The minimum Gasteiger partial charge on any atom is -0.376 e. The molecule has 2 fully saturated rings. The summed E-state index contributed by atoms with van der Waals surface area (Å²) in [6.45, 7) is 0.580. The fourth-order valence-corrected chi connectivity index (χ4v) is 4.33. The van der Waals surface area contributed by atoms with Crippen LogP contribution in [0, 0.1) is 11.7 Å². The summed E-state index contributed by atoms with van der Waals surface area (Å²) in [7, 11) is -3.98. The molecular formula is C12H14ClFN2O3S. The average Bonchev–Trinajstić information content (AvgIpc) is 2.80. The van der Waals surface area contributed by atoms with E-state index in [1.807, 2.05) is 0 Å². The molecule has 5 nitrogen and oxygen atoms in total. The number of benzene rings is 1. The van der Waals surface area contributed by atoms with Crippen LogP contribution in [-0.2, 0) is 14.8 Å². The van der Waals surface area contributed by atoms with Gasteiger partial charge in [0, 0.05) is 23.6 Å². The van der Waals surface area contributed by atoms with Crippen molar-refractivity contribution in [3.8, 4) is 0 Å². The third-order valence-electron chi connectivity index (χ3n) is 3.92. The van der Waals surface area contributed by atoms with Gasteiger partial charge < -0.3 is 10.5 Å². The molecule has 4 atom stereocenters. The monoisotopic (exact) mass is 320 g/mol. The van der Waals surface area contributed by atoms with Crippen LogP contribution in [0.3, 0.4) is 0 Å². The van der Waals surface area contributed by atoms with Crippen molar-refractivity contribution in [2.24, 2.45) is 11.7 Å². The summed E-state index contributed by atoms with van der Waals surface area (Å²) in [6.07, 6.45) is 0.620. The zero-order valence-electron chi connectivity index (χ0n) is 10.4. The Bertz CT molecular complexity index is 640. The van der Waals surface area contributed by atoms with Crippen molar-refractivity contribution in [1.82, 2.24) is 4.72 Å². The fraction of sp³-hybridized carbons (Fsp3) is 0.500. The molecule has 0 radical (unpaired) electrons. The lowest BCUT2D eigenvalue weighted by molar-refractivity contribution is -0.00925. The second-order valence-electron chi connectivity index (χ2n) is 5.09. The Morgan fingerprint density at radius 1 is 1.45 bits per heavy atom. The molecule has 1 aliphatic heterocycles. The Morgan fingerprint density at radius 3 is 2.90 bits per heavy atom. The summed E-state index contributed by atoms with van der Waals surface area (Å²) in [5.74, 6) is -0.709. The summed E-state index contributed by atoms with van der Waals surface area (Å²) in [4.78, 5) is -0.435. The van der Waals surface area contributed by atoms with Crippen LogP contribution in [0.5, 0.6) is 0 Å². The Morgan fingerprint density at radius 2 is 2.20 bits per heavy atom. The lowest BCUT2D eigenvalue weighted by Gasteiger charge is -2.45. The van der Waals surface area contributed by atoms with Gasteiger partial charge in [-0.2, -0.15) is 0 Å². The van der Waals surface area contributed by atoms with Crippen molar-refractivity contribution < 1.29 is 17.5 Å². The lowest BCUT2D eigenvalue weighted by atomic mass is 9.73. The van der Waals surface area contributed by atoms with E-state index in [0.29, 0.717) is 6.61 Å². The Kier molecular flexibility index (Phi) is 3.50. The topological polar surface area (TPSA) is 81.4 Å². The fourth-order valence-electron chi connectivity index (χ4n) is 2.83. The summed E-state index contributed by atoms with van der Waals surface area (Å²) in [6, 6.07) is 2.62. The van der Waals surface area contributed by atoms with Crippen molar-refractivity contribution in [3.05, 3.63) is 29.0 Å². The van der Waals surface area contributed by atoms with Gasteiger partial charge in [0.15, 0.2) is 0 Å². The van der Waals surface area contributed by atoms with E-state index in [0.717, 1.165) is 18.6 Å². The van der Waals surface area contributed by atoms with Crippen molar-refractivity contribution >= 4 is 21.6 Å². The molecule has 1 aromatic rings. The first kappa shape index (κ1) is 14.2. The molecule has 8 heteroatoms. The van der Waals surface area contributed by atoms with Gasteiger partial charge in [-0.05, 0) is 24.6 Å². The Hall–Kier alpha value is -0.730. The standard InChI is InChI=1S/C12H14ClFN2O3S/c13-6-1-2-9(8(14)5-6)20(17,18)16-11-10(15)7-3-4-19-12(7)11/h1-2,5,7,10-12,16H,3-4,15H2. The van der Waals surface area contributed by atoms with Gasteiger partial charge in [-0.3, -0.25) is 0 Å². The van der Waals surface area contributed by atoms with Gasteiger partial charge in [-0.15, -0.1) is 0 Å². The molecule has 0 amide bonds.